The van der Waals surface area contributed by atoms with Gasteiger partial charge in [-0.05, 0) is 84.9 Å². The van der Waals surface area contributed by atoms with Gasteiger partial charge in [-0.25, -0.2) is 0 Å². The summed E-state index contributed by atoms with van der Waals surface area (Å²) in [6, 6.07) is 0. The Balaban J connectivity index is 1.51. The van der Waals surface area contributed by atoms with Crippen molar-refractivity contribution in [1.29, 1.82) is 0 Å². The van der Waals surface area contributed by atoms with Crippen molar-refractivity contribution < 1.29 is 15.0 Å². The van der Waals surface area contributed by atoms with Gasteiger partial charge in [-0.1, -0.05) is 52.2 Å². The van der Waals surface area contributed by atoms with Crippen molar-refractivity contribution in [3.63, 3.8) is 0 Å². The highest BCUT2D eigenvalue weighted by Crippen LogP contribution is 2.67. The first-order valence-electron chi connectivity index (χ1n) is 12.7. The zero-order chi connectivity index (χ0) is 21.7. The number of hydrogen-bond donors (Lipinski definition) is 2. The van der Waals surface area contributed by atoms with E-state index in [0.29, 0.717) is 47.9 Å². The van der Waals surface area contributed by atoms with Crippen LogP contribution in [0.3, 0.4) is 0 Å². The van der Waals surface area contributed by atoms with E-state index in [2.05, 4.69) is 33.8 Å². The smallest absolute Gasteiger partial charge is 0.136 e. The van der Waals surface area contributed by atoms with Crippen LogP contribution < -0.4 is 0 Å². The van der Waals surface area contributed by atoms with E-state index >= 15 is 0 Å². The van der Waals surface area contributed by atoms with Crippen LogP contribution in [0, 0.1) is 46.3 Å². The molecule has 4 aliphatic rings. The zero-order valence-electron chi connectivity index (χ0n) is 19.7. The standard InChI is InChI=1S/C27H44O3/c1-17(16-28)6-5-7-18(2)21-8-9-22-25-23(11-13-27(21,22)4)26(3)12-10-20(29)14-19(26)15-24(25)30/h15,17-18,21-25,28,30H,5-14,16H2,1-4H3/t17-,18-,21?,22?,23?,24-,25?,26+,27-/m1/s1. The molecule has 4 rings (SSSR count). The molecule has 9 atom stereocenters. The fourth-order valence-electron chi connectivity index (χ4n) is 8.52. The predicted octanol–water partition coefficient (Wildman–Crippen LogP) is 5.54. The number of ketones is 1. The number of carbonyl (C=O) groups excluding carboxylic acids is 1. The van der Waals surface area contributed by atoms with Gasteiger partial charge in [0.05, 0.1) is 6.10 Å². The molecule has 0 aromatic heterocycles. The summed E-state index contributed by atoms with van der Waals surface area (Å²) < 4.78 is 0. The molecule has 3 saturated carbocycles. The van der Waals surface area contributed by atoms with Gasteiger partial charge in [0.2, 0.25) is 0 Å². The number of Topliss-reactive ketones (excluding diaryl/α,β-unsaturated/α-hetero) is 1. The van der Waals surface area contributed by atoms with Gasteiger partial charge < -0.3 is 10.2 Å². The SMILES string of the molecule is C[C@@H](CO)CCC[C@@H](C)C1CCC2C3C(CC[C@@]21C)[C@@]1(C)CCC(=O)CC1=C[C@H]3O. The van der Waals surface area contributed by atoms with E-state index < -0.39 is 0 Å². The van der Waals surface area contributed by atoms with Crippen molar-refractivity contribution in [2.75, 3.05) is 6.61 Å². The third-order valence-corrected chi connectivity index (χ3v) is 10.4. The van der Waals surface area contributed by atoms with E-state index in [1.165, 1.54) is 44.1 Å². The van der Waals surface area contributed by atoms with Crippen molar-refractivity contribution in [2.24, 2.45) is 46.3 Å². The molecule has 3 heteroatoms. The first kappa shape index (κ1) is 22.5. The molecule has 0 bridgehead atoms. The maximum atomic E-state index is 12.1. The molecule has 0 aromatic rings. The largest absolute Gasteiger partial charge is 0.396 e. The van der Waals surface area contributed by atoms with Crippen molar-refractivity contribution in [2.45, 2.75) is 98.0 Å². The fourth-order valence-corrected chi connectivity index (χ4v) is 8.52. The van der Waals surface area contributed by atoms with Gasteiger partial charge in [0, 0.05) is 19.4 Å². The van der Waals surface area contributed by atoms with Crippen LogP contribution in [0.2, 0.25) is 0 Å². The van der Waals surface area contributed by atoms with Crippen LogP contribution in [0.1, 0.15) is 91.9 Å². The van der Waals surface area contributed by atoms with Crippen molar-refractivity contribution in [1.82, 2.24) is 0 Å². The third-order valence-electron chi connectivity index (χ3n) is 10.4. The molecule has 0 radical (unpaired) electrons. The minimum Gasteiger partial charge on any atom is -0.396 e. The molecule has 30 heavy (non-hydrogen) atoms. The predicted molar refractivity (Wildman–Crippen MR) is 121 cm³/mol. The highest BCUT2D eigenvalue weighted by molar-refractivity contribution is 5.82. The zero-order valence-corrected chi connectivity index (χ0v) is 19.7. The number of rotatable bonds is 6. The molecule has 0 saturated heterocycles. The summed E-state index contributed by atoms with van der Waals surface area (Å²) in [5.74, 6) is 3.78. The molecule has 0 amide bonds. The van der Waals surface area contributed by atoms with E-state index in [1.807, 2.05) is 0 Å². The van der Waals surface area contributed by atoms with Crippen molar-refractivity contribution >= 4 is 5.78 Å². The average molecular weight is 417 g/mol. The maximum Gasteiger partial charge on any atom is 0.136 e. The second kappa shape index (κ2) is 8.35. The molecule has 4 aliphatic carbocycles. The van der Waals surface area contributed by atoms with Gasteiger partial charge in [-0.15, -0.1) is 0 Å². The lowest BCUT2D eigenvalue weighted by Crippen LogP contribution is -2.54. The summed E-state index contributed by atoms with van der Waals surface area (Å²) in [6.07, 6.45) is 12.7. The van der Waals surface area contributed by atoms with Crippen LogP contribution in [0.4, 0.5) is 0 Å². The Morgan fingerprint density at radius 1 is 1.10 bits per heavy atom. The number of carbonyl (C=O) groups is 1. The van der Waals surface area contributed by atoms with Crippen LogP contribution in [0.25, 0.3) is 0 Å². The number of aliphatic hydroxyl groups is 2. The molecule has 0 heterocycles. The Labute approximate surface area is 183 Å². The molecule has 3 fully saturated rings. The quantitative estimate of drug-likeness (QED) is 0.559. The lowest BCUT2D eigenvalue weighted by Gasteiger charge is -2.59. The molecule has 4 unspecified atom stereocenters. The van der Waals surface area contributed by atoms with Crippen LogP contribution in [0.5, 0.6) is 0 Å². The molecular formula is C27H44O3. The van der Waals surface area contributed by atoms with E-state index in [9.17, 15) is 15.0 Å². The van der Waals surface area contributed by atoms with Gasteiger partial charge in [0.1, 0.15) is 5.78 Å². The molecule has 0 aliphatic heterocycles. The van der Waals surface area contributed by atoms with Crippen molar-refractivity contribution in [3.8, 4) is 0 Å². The Morgan fingerprint density at radius 3 is 2.60 bits per heavy atom. The fraction of sp³-hybridized carbons (Fsp3) is 0.889. The summed E-state index contributed by atoms with van der Waals surface area (Å²) >= 11 is 0. The van der Waals surface area contributed by atoms with Crippen LogP contribution >= 0.6 is 0 Å². The molecule has 0 spiro atoms. The summed E-state index contributed by atoms with van der Waals surface area (Å²) in [7, 11) is 0. The highest BCUT2D eigenvalue weighted by atomic mass is 16.3. The summed E-state index contributed by atoms with van der Waals surface area (Å²) in [4.78, 5) is 12.1. The van der Waals surface area contributed by atoms with Crippen LogP contribution in [-0.4, -0.2) is 28.7 Å². The minimum absolute atomic E-state index is 0.128. The lowest BCUT2D eigenvalue weighted by molar-refractivity contribution is -0.125. The maximum absolute atomic E-state index is 12.1. The second-order valence-corrected chi connectivity index (χ2v) is 12.0. The molecular weight excluding hydrogens is 372 g/mol. The highest BCUT2D eigenvalue weighted by Gasteiger charge is 2.61. The van der Waals surface area contributed by atoms with Gasteiger partial charge >= 0.3 is 0 Å². The van der Waals surface area contributed by atoms with Gasteiger partial charge in [-0.3, -0.25) is 4.79 Å². The van der Waals surface area contributed by atoms with E-state index in [1.54, 1.807) is 0 Å². The summed E-state index contributed by atoms with van der Waals surface area (Å²) in [5.41, 5.74) is 1.72. The van der Waals surface area contributed by atoms with Crippen LogP contribution in [0.15, 0.2) is 11.6 Å². The molecule has 2 N–H and O–H groups in total. The van der Waals surface area contributed by atoms with Gasteiger partial charge in [0.15, 0.2) is 0 Å². The normalized spacial score (nSPS) is 45.2. The third kappa shape index (κ3) is 3.62. The van der Waals surface area contributed by atoms with Crippen molar-refractivity contribution in [3.05, 3.63) is 11.6 Å². The molecule has 3 nitrogen and oxygen atoms in total. The number of hydrogen-bond acceptors (Lipinski definition) is 3. The van der Waals surface area contributed by atoms with E-state index in [-0.39, 0.29) is 11.5 Å². The van der Waals surface area contributed by atoms with Gasteiger partial charge in [-0.2, -0.15) is 0 Å². The topological polar surface area (TPSA) is 57.5 Å². The minimum atomic E-state index is -0.368. The van der Waals surface area contributed by atoms with Crippen LogP contribution in [-0.2, 0) is 4.79 Å². The Kier molecular flexibility index (Phi) is 6.27. The first-order chi connectivity index (χ1) is 14.2. The second-order valence-electron chi connectivity index (χ2n) is 12.0. The molecule has 0 aromatic carbocycles. The van der Waals surface area contributed by atoms with E-state index in [0.717, 1.165) is 31.1 Å². The first-order valence-corrected chi connectivity index (χ1v) is 12.7. The molecule has 170 valence electrons. The monoisotopic (exact) mass is 416 g/mol. The number of fused-ring (bicyclic) bond motifs is 5. The summed E-state index contributed by atoms with van der Waals surface area (Å²) in [5, 5.41) is 20.6. The van der Waals surface area contributed by atoms with Gasteiger partial charge in [0.25, 0.3) is 0 Å². The average Bonchev–Trinajstić information content (AvgIpc) is 3.06. The summed E-state index contributed by atoms with van der Waals surface area (Å²) in [6.45, 7) is 9.84. The Hall–Kier alpha value is -0.670. The Morgan fingerprint density at radius 2 is 1.87 bits per heavy atom. The number of allylic oxidation sites excluding steroid dienone is 1. The van der Waals surface area contributed by atoms with E-state index in [4.69, 9.17) is 0 Å². The Bertz CT molecular complexity index is 684. The lowest BCUT2D eigenvalue weighted by atomic mass is 9.46. The number of aliphatic hydroxyl groups excluding tert-OH is 2.